The molecule has 3 rings (SSSR count). The number of hydrogen-bond acceptors (Lipinski definition) is 3. The van der Waals surface area contributed by atoms with Gasteiger partial charge in [0.2, 0.25) is 0 Å². The maximum absolute atomic E-state index is 12.7. The maximum atomic E-state index is 12.7. The molecule has 1 saturated carbocycles. The summed E-state index contributed by atoms with van der Waals surface area (Å²) in [6.07, 6.45) is 2.71. The molecule has 1 amide bonds. The van der Waals surface area contributed by atoms with E-state index in [-0.39, 0.29) is 11.9 Å². The molecular formula is C16H23N3O3S. The van der Waals surface area contributed by atoms with E-state index in [0.29, 0.717) is 11.3 Å². The summed E-state index contributed by atoms with van der Waals surface area (Å²) in [6.45, 7) is 5.90. The molecule has 2 aliphatic rings. The Morgan fingerprint density at radius 2 is 2.00 bits per heavy atom. The second-order valence-corrected chi connectivity index (χ2v) is 7.18. The molecule has 1 unspecified atom stereocenters. The van der Waals surface area contributed by atoms with Crippen molar-refractivity contribution in [2.45, 2.75) is 25.8 Å². The summed E-state index contributed by atoms with van der Waals surface area (Å²) in [5.74, 6) is 0.904. The van der Waals surface area contributed by atoms with Crippen molar-refractivity contribution in [3.63, 3.8) is 0 Å². The number of benzene rings is 1. The molecule has 1 saturated heterocycles. The lowest BCUT2D eigenvalue weighted by Crippen LogP contribution is -2.54. The van der Waals surface area contributed by atoms with Crippen molar-refractivity contribution < 1.29 is 13.6 Å². The highest BCUT2D eigenvalue weighted by Gasteiger charge is 2.31. The zero-order chi connectivity index (χ0) is 16.4. The minimum atomic E-state index is -2.10. The number of piperazine rings is 1. The molecule has 6 nitrogen and oxygen atoms in total. The lowest BCUT2D eigenvalue weighted by atomic mass is 10.1. The Hall–Kier alpha value is -1.44. The van der Waals surface area contributed by atoms with Gasteiger partial charge in [-0.3, -0.25) is 19.0 Å². The first-order valence-corrected chi connectivity index (χ1v) is 9.14. The van der Waals surface area contributed by atoms with Crippen LogP contribution in [0.5, 0.6) is 0 Å². The number of nitrogens with zero attached hydrogens (tertiary/aromatic N) is 2. The van der Waals surface area contributed by atoms with Gasteiger partial charge in [0.25, 0.3) is 17.2 Å². The quantitative estimate of drug-likeness (QED) is 0.804. The van der Waals surface area contributed by atoms with Crippen LogP contribution in [0, 0.1) is 5.92 Å². The van der Waals surface area contributed by atoms with E-state index in [2.05, 4.69) is 16.5 Å². The standard InChI is InChI=1S/C16H23N3O3S/c1-12-10-18(11-13-2-3-13)8-9-19(12)16(20)14-4-6-15(7-5-14)17-23(21)22/h4-7,12-13,17H,2-3,8-11H2,1H3,(H,21,22)/t12-/m1/s1. The van der Waals surface area contributed by atoms with Crippen LogP contribution in [0.2, 0.25) is 0 Å². The summed E-state index contributed by atoms with van der Waals surface area (Å²) in [7, 11) is 0. The van der Waals surface area contributed by atoms with Crippen LogP contribution < -0.4 is 4.72 Å². The van der Waals surface area contributed by atoms with Gasteiger partial charge in [0, 0.05) is 43.5 Å². The van der Waals surface area contributed by atoms with E-state index in [4.69, 9.17) is 4.55 Å². The van der Waals surface area contributed by atoms with E-state index in [1.807, 2.05) is 4.90 Å². The molecule has 7 heteroatoms. The summed E-state index contributed by atoms with van der Waals surface area (Å²) < 4.78 is 21.9. The van der Waals surface area contributed by atoms with Gasteiger partial charge in [-0.25, -0.2) is 4.21 Å². The van der Waals surface area contributed by atoms with Crippen LogP contribution in [-0.4, -0.2) is 56.7 Å². The van der Waals surface area contributed by atoms with Crippen molar-refractivity contribution >= 4 is 22.9 Å². The SMILES string of the molecule is C[C@@H]1CN(CC2CC2)CCN1C(=O)c1ccc(NS(=O)O)cc1. The van der Waals surface area contributed by atoms with E-state index >= 15 is 0 Å². The zero-order valence-electron chi connectivity index (χ0n) is 13.3. The van der Waals surface area contributed by atoms with E-state index < -0.39 is 11.3 Å². The van der Waals surface area contributed by atoms with Crippen LogP contribution >= 0.6 is 0 Å². The van der Waals surface area contributed by atoms with Crippen LogP contribution in [-0.2, 0) is 11.3 Å². The molecule has 0 bridgehead atoms. The largest absolute Gasteiger partial charge is 0.333 e. The highest BCUT2D eigenvalue weighted by Crippen LogP contribution is 2.30. The molecule has 1 aliphatic heterocycles. The minimum absolute atomic E-state index is 0.0280. The van der Waals surface area contributed by atoms with Crippen LogP contribution in [0.4, 0.5) is 5.69 Å². The van der Waals surface area contributed by atoms with Crippen LogP contribution in [0.3, 0.4) is 0 Å². The third-order valence-corrected chi connectivity index (χ3v) is 4.93. The van der Waals surface area contributed by atoms with Crippen molar-refractivity contribution in [1.29, 1.82) is 0 Å². The van der Waals surface area contributed by atoms with Gasteiger partial charge in [-0.15, -0.1) is 0 Å². The van der Waals surface area contributed by atoms with Gasteiger partial charge in [-0.2, -0.15) is 0 Å². The minimum Gasteiger partial charge on any atom is -0.333 e. The fourth-order valence-corrected chi connectivity index (χ4v) is 3.45. The second kappa shape index (κ2) is 6.98. The summed E-state index contributed by atoms with van der Waals surface area (Å²) in [5, 5.41) is 0. The average molecular weight is 337 g/mol. The second-order valence-electron chi connectivity index (χ2n) is 6.48. The van der Waals surface area contributed by atoms with E-state index in [1.165, 1.54) is 19.4 Å². The smallest absolute Gasteiger partial charge is 0.259 e. The number of carbonyl (C=O) groups is 1. The fraction of sp³-hybridized carbons (Fsp3) is 0.562. The van der Waals surface area contributed by atoms with Gasteiger partial charge >= 0.3 is 0 Å². The molecule has 2 atom stereocenters. The Balaban J connectivity index is 1.59. The summed E-state index contributed by atoms with van der Waals surface area (Å²) in [4.78, 5) is 17.1. The molecule has 1 aromatic carbocycles. The fourth-order valence-electron chi connectivity index (χ4n) is 3.11. The first-order chi connectivity index (χ1) is 11.0. The number of anilines is 1. The molecule has 0 spiro atoms. The molecular weight excluding hydrogens is 314 g/mol. The van der Waals surface area contributed by atoms with Crippen molar-refractivity contribution in [1.82, 2.24) is 9.80 Å². The molecule has 1 aliphatic carbocycles. The highest BCUT2D eigenvalue weighted by molar-refractivity contribution is 7.80. The van der Waals surface area contributed by atoms with Gasteiger partial charge < -0.3 is 4.90 Å². The van der Waals surface area contributed by atoms with Gasteiger partial charge in [0.15, 0.2) is 0 Å². The highest BCUT2D eigenvalue weighted by atomic mass is 32.2. The van der Waals surface area contributed by atoms with Crippen molar-refractivity contribution in [3.05, 3.63) is 29.8 Å². The van der Waals surface area contributed by atoms with Crippen molar-refractivity contribution in [3.8, 4) is 0 Å². The van der Waals surface area contributed by atoms with Crippen molar-refractivity contribution in [2.24, 2.45) is 5.92 Å². The molecule has 2 N–H and O–H groups in total. The predicted octanol–water partition coefficient (Wildman–Crippen LogP) is 1.79. The van der Waals surface area contributed by atoms with E-state index in [1.54, 1.807) is 24.3 Å². The summed E-state index contributed by atoms with van der Waals surface area (Å²) >= 11 is -2.10. The zero-order valence-corrected chi connectivity index (χ0v) is 14.1. The molecule has 2 fully saturated rings. The predicted molar refractivity (Wildman–Crippen MR) is 90.5 cm³/mol. The number of rotatable bonds is 5. The topological polar surface area (TPSA) is 72.9 Å². The molecule has 1 heterocycles. The summed E-state index contributed by atoms with van der Waals surface area (Å²) in [5.41, 5.74) is 1.13. The molecule has 0 aromatic heterocycles. The number of nitrogens with one attached hydrogen (secondary N) is 1. The maximum Gasteiger partial charge on any atom is 0.259 e. The van der Waals surface area contributed by atoms with Gasteiger partial charge in [-0.05, 0) is 49.9 Å². The monoisotopic (exact) mass is 337 g/mol. The van der Waals surface area contributed by atoms with E-state index in [9.17, 15) is 9.00 Å². The Bertz CT molecular complexity index is 589. The number of amides is 1. The molecule has 23 heavy (non-hydrogen) atoms. The van der Waals surface area contributed by atoms with Gasteiger partial charge in [0.05, 0.1) is 0 Å². The molecule has 126 valence electrons. The summed E-state index contributed by atoms with van der Waals surface area (Å²) in [6, 6.07) is 6.89. The Morgan fingerprint density at radius 1 is 1.30 bits per heavy atom. The lowest BCUT2D eigenvalue weighted by Gasteiger charge is -2.40. The molecule has 0 radical (unpaired) electrons. The van der Waals surface area contributed by atoms with Crippen molar-refractivity contribution in [2.75, 3.05) is 30.9 Å². The van der Waals surface area contributed by atoms with Crippen LogP contribution in [0.1, 0.15) is 30.1 Å². The van der Waals surface area contributed by atoms with Gasteiger partial charge in [0.1, 0.15) is 0 Å². The van der Waals surface area contributed by atoms with Gasteiger partial charge in [-0.1, -0.05) is 0 Å². The third kappa shape index (κ3) is 4.31. The lowest BCUT2D eigenvalue weighted by molar-refractivity contribution is 0.0482. The number of hydrogen-bond donors (Lipinski definition) is 2. The first kappa shape index (κ1) is 16.4. The van der Waals surface area contributed by atoms with E-state index in [0.717, 1.165) is 25.6 Å². The van der Waals surface area contributed by atoms with Crippen LogP contribution in [0.25, 0.3) is 0 Å². The average Bonchev–Trinajstić information content (AvgIpc) is 3.31. The third-order valence-electron chi connectivity index (χ3n) is 4.52. The molecule has 1 aromatic rings. The number of carbonyl (C=O) groups excluding carboxylic acids is 1. The Morgan fingerprint density at radius 3 is 2.57 bits per heavy atom. The normalized spacial score (nSPS) is 23.6. The Labute approximate surface area is 139 Å². The first-order valence-electron chi connectivity index (χ1n) is 8.04. The van der Waals surface area contributed by atoms with Crippen LogP contribution in [0.15, 0.2) is 24.3 Å². The Kier molecular flexibility index (Phi) is 4.99.